The van der Waals surface area contributed by atoms with Crippen molar-refractivity contribution in [1.29, 1.82) is 0 Å². The molecule has 0 unspecified atom stereocenters. The number of esters is 1. The molecular formula is C26H30N4O6. The largest absolute Gasteiger partial charge is 0.493 e. The Labute approximate surface area is 209 Å². The Bertz CT molecular complexity index is 1190. The molecule has 0 spiro atoms. The van der Waals surface area contributed by atoms with Crippen LogP contribution < -0.4 is 25.5 Å². The first-order valence-electron chi connectivity index (χ1n) is 11.3. The first-order valence-corrected chi connectivity index (χ1v) is 11.3. The number of ether oxygens (including phenoxy) is 3. The maximum atomic E-state index is 12.3. The Morgan fingerprint density at radius 2 is 1.83 bits per heavy atom. The van der Waals surface area contributed by atoms with Gasteiger partial charge in [-0.2, -0.15) is 5.10 Å². The van der Waals surface area contributed by atoms with Crippen LogP contribution >= 0.6 is 0 Å². The normalized spacial score (nSPS) is 15.4. The summed E-state index contributed by atoms with van der Waals surface area (Å²) in [5.74, 6) is 0.0486. The quantitative estimate of drug-likeness (QED) is 0.279. The molecule has 2 aromatic carbocycles. The number of hydrogen-bond acceptors (Lipinski definition) is 7. The molecule has 10 heteroatoms. The molecule has 3 rings (SSSR count). The highest BCUT2D eigenvalue weighted by molar-refractivity contribution is 5.95. The van der Waals surface area contributed by atoms with Gasteiger partial charge in [-0.1, -0.05) is 44.2 Å². The number of carbonyl (C=O) groups excluding carboxylic acids is 3. The van der Waals surface area contributed by atoms with E-state index in [0.29, 0.717) is 28.7 Å². The molecule has 0 fully saturated rings. The second kappa shape index (κ2) is 11.9. The van der Waals surface area contributed by atoms with Crippen molar-refractivity contribution in [3.05, 3.63) is 70.4 Å². The lowest BCUT2D eigenvalue weighted by molar-refractivity contribution is -0.136. The second-order valence-corrected chi connectivity index (χ2v) is 8.38. The van der Waals surface area contributed by atoms with E-state index in [9.17, 15) is 14.4 Å². The zero-order valence-electron chi connectivity index (χ0n) is 20.9. The molecule has 3 amide bonds. The molecule has 1 aliphatic heterocycles. The summed E-state index contributed by atoms with van der Waals surface area (Å²) in [6.45, 7) is 5.56. The van der Waals surface area contributed by atoms with Gasteiger partial charge < -0.3 is 24.8 Å². The van der Waals surface area contributed by atoms with E-state index < -0.39 is 23.9 Å². The van der Waals surface area contributed by atoms with Crippen LogP contribution in [0.2, 0.25) is 0 Å². The molecule has 36 heavy (non-hydrogen) atoms. The number of urea groups is 1. The van der Waals surface area contributed by atoms with Crippen LogP contribution in [0.3, 0.4) is 0 Å². The van der Waals surface area contributed by atoms with Gasteiger partial charge >= 0.3 is 12.0 Å². The average molecular weight is 495 g/mol. The lowest BCUT2D eigenvalue weighted by atomic mass is 9.95. The lowest BCUT2D eigenvalue weighted by Crippen LogP contribution is -2.45. The van der Waals surface area contributed by atoms with Crippen LogP contribution in [0, 0.1) is 0 Å². The number of amides is 3. The van der Waals surface area contributed by atoms with Crippen molar-refractivity contribution in [3.8, 4) is 11.5 Å². The third-order valence-electron chi connectivity index (χ3n) is 5.56. The minimum Gasteiger partial charge on any atom is -0.493 e. The van der Waals surface area contributed by atoms with Gasteiger partial charge in [0.1, 0.15) is 0 Å². The summed E-state index contributed by atoms with van der Waals surface area (Å²) in [7, 11) is 2.72. The van der Waals surface area contributed by atoms with Gasteiger partial charge in [0.15, 0.2) is 18.1 Å². The van der Waals surface area contributed by atoms with E-state index in [-0.39, 0.29) is 12.2 Å². The molecule has 190 valence electrons. The SMILES string of the molecule is COC(=O)C1=C(C)NC(=O)N[C@H]1c1ccc(OCC(=O)N/N=C\c2ccc(C(C)C)cc2)c(OC)c1. The molecule has 0 saturated carbocycles. The fourth-order valence-corrected chi connectivity index (χ4v) is 3.63. The smallest absolute Gasteiger partial charge is 0.337 e. The minimum atomic E-state index is -0.749. The maximum absolute atomic E-state index is 12.3. The number of carbonyl (C=O) groups is 3. The van der Waals surface area contributed by atoms with Crippen molar-refractivity contribution < 1.29 is 28.6 Å². The number of rotatable bonds is 9. The summed E-state index contributed by atoms with van der Waals surface area (Å²) in [6.07, 6.45) is 1.55. The minimum absolute atomic E-state index is 0.268. The maximum Gasteiger partial charge on any atom is 0.337 e. The Kier molecular flexibility index (Phi) is 8.66. The molecule has 1 atom stereocenters. The summed E-state index contributed by atoms with van der Waals surface area (Å²) in [6, 6.07) is 11.6. The van der Waals surface area contributed by atoms with Gasteiger partial charge in [-0.15, -0.1) is 0 Å². The van der Waals surface area contributed by atoms with Crippen LogP contribution in [-0.2, 0) is 14.3 Å². The first kappa shape index (κ1) is 26.3. The third kappa shape index (κ3) is 6.41. The molecule has 1 aliphatic rings. The monoisotopic (exact) mass is 494 g/mol. The number of nitrogens with zero attached hydrogens (tertiary/aromatic N) is 1. The third-order valence-corrected chi connectivity index (χ3v) is 5.56. The fourth-order valence-electron chi connectivity index (χ4n) is 3.63. The molecule has 10 nitrogen and oxygen atoms in total. The number of nitrogens with one attached hydrogen (secondary N) is 3. The van der Waals surface area contributed by atoms with E-state index >= 15 is 0 Å². The van der Waals surface area contributed by atoms with Crippen LogP contribution in [0.5, 0.6) is 11.5 Å². The Balaban J connectivity index is 1.65. The predicted molar refractivity (Wildman–Crippen MR) is 134 cm³/mol. The number of allylic oxidation sites excluding steroid dienone is 1. The van der Waals surface area contributed by atoms with Crippen LogP contribution in [0.15, 0.2) is 58.8 Å². The van der Waals surface area contributed by atoms with Crippen LogP contribution in [0.1, 0.15) is 49.4 Å². The van der Waals surface area contributed by atoms with Crippen molar-refractivity contribution in [2.75, 3.05) is 20.8 Å². The topological polar surface area (TPSA) is 127 Å². The van der Waals surface area contributed by atoms with Crippen molar-refractivity contribution in [2.24, 2.45) is 5.10 Å². The zero-order valence-corrected chi connectivity index (χ0v) is 20.9. The van der Waals surface area contributed by atoms with E-state index in [2.05, 4.69) is 35.0 Å². The highest BCUT2D eigenvalue weighted by Gasteiger charge is 2.32. The number of methoxy groups -OCH3 is 2. The van der Waals surface area contributed by atoms with Crippen molar-refractivity contribution in [2.45, 2.75) is 32.7 Å². The Morgan fingerprint density at radius 1 is 1.11 bits per heavy atom. The highest BCUT2D eigenvalue weighted by atomic mass is 16.5. The number of hydrazone groups is 1. The van der Waals surface area contributed by atoms with Crippen molar-refractivity contribution in [3.63, 3.8) is 0 Å². The van der Waals surface area contributed by atoms with Crippen LogP contribution in [0.4, 0.5) is 4.79 Å². The summed E-state index contributed by atoms with van der Waals surface area (Å²) in [4.78, 5) is 36.5. The highest BCUT2D eigenvalue weighted by Crippen LogP contribution is 2.34. The van der Waals surface area contributed by atoms with Gasteiger partial charge in [-0.25, -0.2) is 15.0 Å². The molecule has 1 heterocycles. The van der Waals surface area contributed by atoms with Gasteiger partial charge in [0.05, 0.1) is 32.0 Å². The van der Waals surface area contributed by atoms with Crippen molar-refractivity contribution in [1.82, 2.24) is 16.1 Å². The summed E-state index contributed by atoms with van der Waals surface area (Å²) in [5, 5.41) is 9.24. The van der Waals surface area contributed by atoms with E-state index in [0.717, 1.165) is 5.56 Å². The van der Waals surface area contributed by atoms with E-state index in [4.69, 9.17) is 14.2 Å². The van der Waals surface area contributed by atoms with Gasteiger partial charge in [0.2, 0.25) is 0 Å². The molecule has 0 bridgehead atoms. The molecule has 0 aliphatic carbocycles. The lowest BCUT2D eigenvalue weighted by Gasteiger charge is -2.28. The number of benzene rings is 2. The first-order chi connectivity index (χ1) is 17.2. The Hall–Kier alpha value is -4.34. The summed E-state index contributed by atoms with van der Waals surface area (Å²) >= 11 is 0. The molecule has 0 aromatic heterocycles. The average Bonchev–Trinajstić information content (AvgIpc) is 2.86. The molecule has 3 N–H and O–H groups in total. The van der Waals surface area contributed by atoms with Gasteiger partial charge in [-0.05, 0) is 41.7 Å². The van der Waals surface area contributed by atoms with Gasteiger partial charge in [-0.3, -0.25) is 4.79 Å². The molecule has 0 radical (unpaired) electrons. The predicted octanol–water partition coefficient (Wildman–Crippen LogP) is 3.15. The Morgan fingerprint density at radius 3 is 2.47 bits per heavy atom. The fraction of sp³-hybridized carbons (Fsp3) is 0.308. The van der Waals surface area contributed by atoms with E-state index in [1.807, 2.05) is 24.3 Å². The van der Waals surface area contributed by atoms with Gasteiger partial charge in [0.25, 0.3) is 5.91 Å². The van der Waals surface area contributed by atoms with Crippen LogP contribution in [0.25, 0.3) is 0 Å². The summed E-state index contributed by atoms with van der Waals surface area (Å²) < 4.78 is 15.9. The molecule has 0 saturated heterocycles. The van der Waals surface area contributed by atoms with Crippen molar-refractivity contribution >= 4 is 24.1 Å². The second-order valence-electron chi connectivity index (χ2n) is 8.38. The summed E-state index contributed by atoms with van der Waals surface area (Å²) in [5.41, 5.74) is 5.74. The number of hydrogen-bond donors (Lipinski definition) is 3. The van der Waals surface area contributed by atoms with Crippen LogP contribution in [-0.4, -0.2) is 44.9 Å². The van der Waals surface area contributed by atoms with E-state index in [1.165, 1.54) is 19.8 Å². The van der Waals surface area contributed by atoms with E-state index in [1.54, 1.807) is 31.3 Å². The van der Waals surface area contributed by atoms with Gasteiger partial charge in [0, 0.05) is 5.70 Å². The molecule has 2 aromatic rings. The standard InChI is InChI=1S/C26H30N4O6/c1-15(2)18-8-6-17(7-9-18)13-27-30-22(31)14-36-20-11-10-19(12-21(20)34-4)24-23(25(32)35-5)16(3)28-26(33)29-24/h6-13,15,24H,14H2,1-5H3,(H,30,31)(H2,28,29,33)/b27-13-/t24-/m0/s1. The zero-order chi connectivity index (χ0) is 26.2. The molecular weight excluding hydrogens is 464 g/mol.